The lowest BCUT2D eigenvalue weighted by atomic mass is 9.57. The summed E-state index contributed by atoms with van der Waals surface area (Å²) >= 11 is 0. The van der Waals surface area contributed by atoms with Crippen molar-refractivity contribution < 1.29 is 4.79 Å². The minimum atomic E-state index is -1.45. The maximum atomic E-state index is 12.6. The first-order valence-electron chi connectivity index (χ1n) is 7.63. The molecule has 116 valence electrons. The van der Waals surface area contributed by atoms with E-state index in [1.807, 2.05) is 6.07 Å². The summed E-state index contributed by atoms with van der Waals surface area (Å²) in [5, 5.41) is 25.3. The van der Waals surface area contributed by atoms with Crippen molar-refractivity contribution in [3.8, 4) is 12.1 Å². The van der Waals surface area contributed by atoms with Gasteiger partial charge < -0.3 is 16.4 Å². The summed E-state index contributed by atoms with van der Waals surface area (Å²) in [6, 6.07) is 4.14. The monoisotopic (exact) mass is 299 g/mol. The number of carbonyl (C=O) groups is 1. The third kappa shape index (κ3) is 1.56. The predicted molar refractivity (Wildman–Crippen MR) is 79.2 cm³/mol. The lowest BCUT2D eigenvalue weighted by molar-refractivity contribution is -0.124. The molecule has 0 aromatic heterocycles. The Morgan fingerprint density at radius 2 is 2.00 bits per heavy atom. The number of nitrogens with two attached hydrogens (primary N) is 1. The van der Waals surface area contributed by atoms with Gasteiger partial charge in [-0.2, -0.15) is 10.5 Å². The zero-order chi connectivity index (χ0) is 16.3. The van der Waals surface area contributed by atoms with Crippen molar-refractivity contribution in [1.82, 2.24) is 10.6 Å². The van der Waals surface area contributed by atoms with Crippen LogP contribution in [-0.4, -0.2) is 11.6 Å². The number of nitriles is 2. The van der Waals surface area contributed by atoms with Gasteiger partial charge in [0.1, 0.15) is 17.6 Å². The molecule has 6 nitrogen and oxygen atoms in total. The summed E-state index contributed by atoms with van der Waals surface area (Å²) < 4.78 is 0. The first kappa shape index (κ1) is 14.7. The predicted octanol–water partition coefficient (Wildman–Crippen LogP) is 1.08. The Morgan fingerprint density at radius 3 is 2.55 bits per heavy atom. The van der Waals surface area contributed by atoms with E-state index in [1.165, 1.54) is 0 Å². The van der Waals surface area contributed by atoms with Crippen molar-refractivity contribution >= 4 is 5.91 Å². The fraction of sp³-hybridized carbons (Fsp3) is 0.688. The number of hydrogen-bond acceptors (Lipinski definition) is 5. The van der Waals surface area contributed by atoms with Gasteiger partial charge >= 0.3 is 0 Å². The number of carbonyl (C=O) groups excluding carboxylic acids is 1. The molecular formula is C16H21N5O. The summed E-state index contributed by atoms with van der Waals surface area (Å²) in [4.78, 5) is 12.6. The molecule has 0 aromatic rings. The average Bonchev–Trinajstić information content (AvgIpc) is 2.62. The van der Waals surface area contributed by atoms with Crippen molar-refractivity contribution in [3.05, 3.63) is 11.4 Å². The number of rotatable bonds is 0. The van der Waals surface area contributed by atoms with Gasteiger partial charge in [-0.25, -0.2) is 0 Å². The fourth-order valence-corrected chi connectivity index (χ4v) is 4.44. The van der Waals surface area contributed by atoms with Crippen LogP contribution >= 0.6 is 0 Å². The standard InChI is InChI=1S/C16H21N5O/c1-14(2,3)9-4-5-16-11(6-9)15(8-18,13(22)21-16)10(7-17)12(19)20-16/h9,11,20H,4-6,19H2,1-3H3,(H,21,22). The van der Waals surface area contributed by atoms with Gasteiger partial charge in [0, 0.05) is 5.92 Å². The van der Waals surface area contributed by atoms with Gasteiger partial charge in [-0.15, -0.1) is 0 Å². The first-order valence-corrected chi connectivity index (χ1v) is 7.63. The van der Waals surface area contributed by atoms with Crippen LogP contribution in [0.3, 0.4) is 0 Å². The third-order valence-corrected chi connectivity index (χ3v) is 5.75. The van der Waals surface area contributed by atoms with Crippen LogP contribution in [0.1, 0.15) is 40.0 Å². The van der Waals surface area contributed by atoms with Gasteiger partial charge in [-0.05, 0) is 30.6 Å². The lowest BCUT2D eigenvalue weighted by Gasteiger charge is -2.50. The summed E-state index contributed by atoms with van der Waals surface area (Å²) in [6.45, 7) is 6.53. The topological polar surface area (TPSA) is 115 Å². The van der Waals surface area contributed by atoms with Crippen molar-refractivity contribution in [1.29, 1.82) is 10.5 Å². The molecule has 3 aliphatic rings. The Bertz CT molecular complexity index is 661. The Labute approximate surface area is 130 Å². The van der Waals surface area contributed by atoms with Crippen LogP contribution in [0.15, 0.2) is 11.4 Å². The van der Waals surface area contributed by atoms with Crippen molar-refractivity contribution in [2.75, 3.05) is 0 Å². The number of hydrogen-bond donors (Lipinski definition) is 3. The van der Waals surface area contributed by atoms with Gasteiger partial charge in [0.05, 0.1) is 11.6 Å². The molecule has 1 aliphatic carbocycles. The zero-order valence-electron chi connectivity index (χ0n) is 13.2. The highest BCUT2D eigenvalue weighted by molar-refractivity contribution is 5.95. The van der Waals surface area contributed by atoms with E-state index in [1.54, 1.807) is 0 Å². The summed E-state index contributed by atoms with van der Waals surface area (Å²) in [6.07, 6.45) is 2.39. The highest BCUT2D eigenvalue weighted by Crippen LogP contribution is 2.58. The molecule has 1 amide bonds. The van der Waals surface area contributed by atoms with Crippen LogP contribution in [0.25, 0.3) is 0 Å². The number of amides is 1. The first-order chi connectivity index (χ1) is 10.2. The van der Waals surface area contributed by atoms with Crippen molar-refractivity contribution in [2.45, 2.75) is 45.7 Å². The van der Waals surface area contributed by atoms with E-state index >= 15 is 0 Å². The Morgan fingerprint density at radius 1 is 1.32 bits per heavy atom. The summed E-state index contributed by atoms with van der Waals surface area (Å²) in [5.74, 6) is -0.100. The molecule has 4 unspecified atom stereocenters. The molecule has 4 N–H and O–H groups in total. The van der Waals surface area contributed by atoms with Gasteiger partial charge in [0.25, 0.3) is 0 Å². The molecule has 1 saturated carbocycles. The molecule has 2 heterocycles. The SMILES string of the molecule is CC(C)(C)C1CCC23NC(=O)C(C#N)(C(C#N)=C(N)N2)C3C1. The molecular weight excluding hydrogens is 278 g/mol. The molecule has 0 radical (unpaired) electrons. The summed E-state index contributed by atoms with van der Waals surface area (Å²) in [5.41, 5.74) is 3.99. The summed E-state index contributed by atoms with van der Waals surface area (Å²) in [7, 11) is 0. The van der Waals surface area contributed by atoms with Crippen molar-refractivity contribution in [2.24, 2.45) is 28.4 Å². The third-order valence-electron chi connectivity index (χ3n) is 5.75. The van der Waals surface area contributed by atoms with Gasteiger partial charge in [0.15, 0.2) is 5.41 Å². The van der Waals surface area contributed by atoms with Crippen molar-refractivity contribution in [3.63, 3.8) is 0 Å². The van der Waals surface area contributed by atoms with E-state index in [4.69, 9.17) is 5.73 Å². The zero-order valence-corrected chi connectivity index (χ0v) is 13.2. The van der Waals surface area contributed by atoms with Gasteiger partial charge in [0.2, 0.25) is 5.91 Å². The normalized spacial score (nSPS) is 40.1. The second kappa shape index (κ2) is 4.16. The van der Waals surface area contributed by atoms with Gasteiger partial charge in [-0.3, -0.25) is 4.79 Å². The largest absolute Gasteiger partial charge is 0.385 e. The Hall–Kier alpha value is -2.21. The smallest absolute Gasteiger partial charge is 0.248 e. The molecule has 1 saturated heterocycles. The second-order valence-corrected chi connectivity index (χ2v) is 7.76. The molecule has 2 aliphatic heterocycles. The van der Waals surface area contributed by atoms with Gasteiger partial charge in [-0.1, -0.05) is 20.8 Å². The Balaban J connectivity index is 2.15. The molecule has 4 atom stereocenters. The van der Waals surface area contributed by atoms with E-state index in [0.717, 1.165) is 12.8 Å². The van der Waals surface area contributed by atoms with E-state index in [9.17, 15) is 15.3 Å². The molecule has 0 spiro atoms. The van der Waals surface area contributed by atoms with Crippen LogP contribution in [0.2, 0.25) is 0 Å². The highest BCUT2D eigenvalue weighted by atomic mass is 16.2. The molecule has 2 fully saturated rings. The average molecular weight is 299 g/mol. The maximum Gasteiger partial charge on any atom is 0.248 e. The van der Waals surface area contributed by atoms with E-state index in [0.29, 0.717) is 12.3 Å². The van der Waals surface area contributed by atoms with Crippen LogP contribution in [-0.2, 0) is 4.79 Å². The minimum absolute atomic E-state index is 0.0696. The van der Waals surface area contributed by atoms with E-state index in [2.05, 4.69) is 37.5 Å². The van der Waals surface area contributed by atoms with E-state index in [-0.39, 0.29) is 28.6 Å². The molecule has 6 heteroatoms. The molecule has 22 heavy (non-hydrogen) atoms. The van der Waals surface area contributed by atoms with Crippen LogP contribution in [0.4, 0.5) is 0 Å². The number of nitrogens with zero attached hydrogens (tertiary/aromatic N) is 2. The lowest BCUT2D eigenvalue weighted by Crippen LogP contribution is -2.63. The van der Waals surface area contributed by atoms with E-state index < -0.39 is 11.1 Å². The Kier molecular flexibility index (Phi) is 2.79. The molecule has 0 aromatic carbocycles. The molecule has 2 bridgehead atoms. The highest BCUT2D eigenvalue weighted by Gasteiger charge is 2.70. The maximum absolute atomic E-state index is 12.6. The fourth-order valence-electron chi connectivity index (χ4n) is 4.44. The van der Waals surface area contributed by atoms with Crippen LogP contribution in [0.5, 0.6) is 0 Å². The second-order valence-electron chi connectivity index (χ2n) is 7.76. The molecule has 3 rings (SSSR count). The van der Waals surface area contributed by atoms with Crippen LogP contribution in [0, 0.1) is 45.3 Å². The minimum Gasteiger partial charge on any atom is -0.385 e. The number of nitrogens with one attached hydrogen (secondary N) is 2. The van der Waals surface area contributed by atoms with Crippen LogP contribution < -0.4 is 16.4 Å². The quantitative estimate of drug-likeness (QED) is 0.619.